The molecule has 0 amide bonds. The normalized spacial score (nSPS) is 44.9. The average Bonchev–Trinajstić information content (AvgIpc) is 1.63. The number of carbonyl (C=O) groups excluding carboxylic acids is 12. The van der Waals surface area contributed by atoms with Gasteiger partial charge < -0.3 is 43.7 Å². The van der Waals surface area contributed by atoms with Crippen LogP contribution in [0.15, 0.2) is 34.9 Å². The minimum Gasteiger partial charge on any atom is -0.459 e. The molecule has 0 heterocycles. The van der Waals surface area contributed by atoms with Crippen LogP contribution in [0.5, 0.6) is 0 Å². The van der Waals surface area contributed by atoms with Gasteiger partial charge in [-0.05, 0) is 127 Å². The molecular weight excluding hydrogens is 1340 g/mol. The standard InChI is InChI=1S/3C28H40O7/c3*1-14(29)23-19(32)12-26(6)21-10-9-17-18(28(21,8)22(33)13-27(23,26)7)11-20(34-15(2)30)24(25(17,4)5)35-16(3)31/h3*9,14,18,20-21,23-24,29H,10-13H2,1-8H3/t3*14-,18+,20-,21-,23-,24+,26-,27+,28-/m000/s1. The third-order valence-corrected chi connectivity index (χ3v) is 31.6. The van der Waals surface area contributed by atoms with Gasteiger partial charge in [0.05, 0.1) is 18.3 Å². The van der Waals surface area contributed by atoms with Crippen molar-refractivity contribution in [1.29, 1.82) is 0 Å². The fourth-order valence-corrected chi connectivity index (χ4v) is 26.5. The van der Waals surface area contributed by atoms with Gasteiger partial charge in [0.2, 0.25) is 0 Å². The highest BCUT2D eigenvalue weighted by Gasteiger charge is 2.77. The van der Waals surface area contributed by atoms with Gasteiger partial charge in [0, 0.05) is 130 Å². The molecule has 0 saturated heterocycles. The number of aliphatic hydroxyl groups is 3. The zero-order valence-corrected chi connectivity index (χ0v) is 66.8. The van der Waals surface area contributed by atoms with E-state index in [1.807, 2.05) is 83.1 Å². The summed E-state index contributed by atoms with van der Waals surface area (Å²) in [5.74, 6) is -4.86. The summed E-state index contributed by atoms with van der Waals surface area (Å²) in [6.07, 6.45) is 4.89. The Morgan fingerprint density at radius 3 is 0.714 bits per heavy atom. The maximum absolute atomic E-state index is 14.2. The van der Waals surface area contributed by atoms with Gasteiger partial charge in [-0.2, -0.15) is 0 Å². The molecule has 21 nitrogen and oxygen atoms in total. The van der Waals surface area contributed by atoms with Crippen LogP contribution in [0.25, 0.3) is 0 Å². The van der Waals surface area contributed by atoms with Crippen LogP contribution >= 0.6 is 0 Å². The van der Waals surface area contributed by atoms with E-state index in [1.165, 1.54) is 41.5 Å². The summed E-state index contributed by atoms with van der Waals surface area (Å²) in [4.78, 5) is 154. The van der Waals surface area contributed by atoms with Gasteiger partial charge in [-0.15, -0.1) is 0 Å². The molecule has 0 unspecified atom stereocenters. The summed E-state index contributed by atoms with van der Waals surface area (Å²) < 4.78 is 34.2. The molecule has 0 aromatic heterocycles. The van der Waals surface area contributed by atoms with Gasteiger partial charge in [0.1, 0.15) is 71.3 Å². The molecule has 12 rings (SSSR count). The van der Waals surface area contributed by atoms with E-state index in [0.29, 0.717) is 57.8 Å². The summed E-state index contributed by atoms with van der Waals surface area (Å²) in [7, 11) is 0. The van der Waals surface area contributed by atoms with E-state index in [2.05, 4.69) is 39.0 Å². The Bertz CT molecular complexity index is 3410. The van der Waals surface area contributed by atoms with Gasteiger partial charge in [0.15, 0.2) is 0 Å². The number of aliphatic hydroxyl groups excluding tert-OH is 3. The predicted octanol–water partition coefficient (Wildman–Crippen LogP) is 11.4. The number of ketones is 6. The number of allylic oxidation sites excluding steroid dienone is 3. The predicted molar refractivity (Wildman–Crippen MR) is 384 cm³/mol. The van der Waals surface area contributed by atoms with E-state index in [1.54, 1.807) is 20.8 Å². The quantitative estimate of drug-likeness (QED) is 0.110. The Morgan fingerprint density at radius 1 is 0.333 bits per heavy atom. The number of hydrogen-bond acceptors (Lipinski definition) is 21. The topological polar surface area (TPSA) is 321 Å². The van der Waals surface area contributed by atoms with Crippen LogP contribution in [-0.4, -0.2) is 141 Å². The van der Waals surface area contributed by atoms with E-state index in [9.17, 15) is 72.9 Å². The summed E-state index contributed by atoms with van der Waals surface area (Å²) in [6.45, 7) is 43.4. The van der Waals surface area contributed by atoms with Gasteiger partial charge in [0.25, 0.3) is 0 Å². The zero-order valence-electron chi connectivity index (χ0n) is 66.8. The van der Waals surface area contributed by atoms with Gasteiger partial charge in [-0.3, -0.25) is 57.5 Å². The fraction of sp³-hybridized carbons (Fsp3) is 0.786. The maximum atomic E-state index is 14.2. The molecule has 12 aliphatic carbocycles. The minimum absolute atomic E-state index is 0.0357. The first-order valence-electron chi connectivity index (χ1n) is 38.4. The highest BCUT2D eigenvalue weighted by atomic mass is 16.6. The number of ether oxygens (including phenoxy) is 6. The molecule has 27 atom stereocenters. The number of carbonyl (C=O) groups is 12. The van der Waals surface area contributed by atoms with Crippen molar-refractivity contribution >= 4 is 70.5 Å². The van der Waals surface area contributed by atoms with E-state index >= 15 is 0 Å². The van der Waals surface area contributed by atoms with Crippen LogP contribution in [0, 0.1) is 118 Å². The van der Waals surface area contributed by atoms with Crippen LogP contribution < -0.4 is 0 Å². The van der Waals surface area contributed by atoms with Crippen molar-refractivity contribution in [2.45, 2.75) is 298 Å². The van der Waals surface area contributed by atoms with Crippen molar-refractivity contribution in [3.63, 3.8) is 0 Å². The lowest BCUT2D eigenvalue weighted by atomic mass is 9.38. The Balaban J connectivity index is 0.000000169. The molecule has 0 spiro atoms. The first-order valence-corrected chi connectivity index (χ1v) is 38.4. The summed E-state index contributed by atoms with van der Waals surface area (Å²) in [5.41, 5.74) is -4.25. The van der Waals surface area contributed by atoms with Crippen molar-refractivity contribution in [3.8, 4) is 0 Å². The van der Waals surface area contributed by atoms with Gasteiger partial charge >= 0.3 is 35.8 Å². The molecule has 0 bridgehead atoms. The van der Waals surface area contributed by atoms with Crippen LogP contribution in [-0.2, 0) is 86.0 Å². The second-order valence-corrected chi connectivity index (χ2v) is 38.1. The molecule has 0 aliphatic heterocycles. The highest BCUT2D eigenvalue weighted by molar-refractivity contribution is 5.96. The number of hydrogen-bond donors (Lipinski definition) is 3. The molecule has 0 aromatic rings. The summed E-state index contributed by atoms with van der Waals surface area (Å²) >= 11 is 0. The summed E-state index contributed by atoms with van der Waals surface area (Å²) in [5, 5.41) is 31.6. The van der Waals surface area contributed by atoms with E-state index in [4.69, 9.17) is 28.4 Å². The van der Waals surface area contributed by atoms with Gasteiger partial charge in [-0.1, -0.05) is 139 Å². The van der Waals surface area contributed by atoms with Crippen molar-refractivity contribution in [2.24, 2.45) is 118 Å². The lowest BCUT2D eigenvalue weighted by Crippen LogP contribution is -2.65. The van der Waals surface area contributed by atoms with Crippen molar-refractivity contribution in [3.05, 3.63) is 34.9 Å². The Kier molecular flexibility index (Phi) is 20.7. The average molecular weight is 1470 g/mol. The summed E-state index contributed by atoms with van der Waals surface area (Å²) in [6, 6.07) is 0. The van der Waals surface area contributed by atoms with Crippen molar-refractivity contribution in [1.82, 2.24) is 0 Å². The maximum Gasteiger partial charge on any atom is 0.303 e. The van der Waals surface area contributed by atoms with E-state index in [0.717, 1.165) is 16.7 Å². The third kappa shape index (κ3) is 11.8. The molecule has 3 N–H and O–H groups in total. The van der Waals surface area contributed by atoms with Crippen LogP contribution in [0.1, 0.15) is 243 Å². The second kappa shape index (κ2) is 26.6. The SMILES string of the molecule is CC(=O)O[C@H]1C[C@@H]2C(=CC[C@@H]3[C@@]2(C)C(=O)C[C@]2(C)[C@@H]([C@H](C)O)C(=O)C[C@@]32C)C(C)(C)[C@@H]1OC(C)=O.CC(=O)O[C@H]1C[C@@H]2C(=CC[C@@H]3[C@@]2(C)C(=O)C[C@]2(C)[C@@H]([C@H](C)O)C(=O)C[C@@]32C)C(C)(C)[C@@H]1OC(C)=O.CC(=O)O[C@H]1C[C@@H]2C(=CC[C@@H]3[C@@]2(C)C(=O)C[C@]2(C)[C@@H]([C@H](C)O)C(=O)C[C@@]32C)C(C)(C)[C@@H]1OC(C)=O. The van der Waals surface area contributed by atoms with Crippen LogP contribution in [0.3, 0.4) is 0 Å². The number of Topliss-reactive ketones (excluding diaryl/α,β-unsaturated/α-hetero) is 6. The van der Waals surface area contributed by atoms with E-state index < -0.39 is 173 Å². The zero-order chi connectivity index (χ0) is 78.9. The molecule has 21 heteroatoms. The third-order valence-electron chi connectivity index (χ3n) is 31.6. The molecule has 12 aliphatic rings. The monoisotopic (exact) mass is 1460 g/mol. The number of fused-ring (bicyclic) bond motifs is 15. The van der Waals surface area contributed by atoms with Crippen LogP contribution in [0.4, 0.5) is 0 Å². The van der Waals surface area contributed by atoms with Crippen molar-refractivity contribution in [2.75, 3.05) is 0 Å². The molecule has 0 radical (unpaired) electrons. The lowest BCUT2D eigenvalue weighted by Gasteiger charge is -2.64. The van der Waals surface area contributed by atoms with E-state index in [-0.39, 0.29) is 89.5 Å². The molecule has 582 valence electrons. The number of rotatable bonds is 9. The second-order valence-electron chi connectivity index (χ2n) is 38.1. The largest absolute Gasteiger partial charge is 0.459 e. The van der Waals surface area contributed by atoms with Crippen LogP contribution in [0.2, 0.25) is 0 Å². The first kappa shape index (κ1) is 81.5. The Labute approximate surface area is 620 Å². The smallest absolute Gasteiger partial charge is 0.303 e. The highest BCUT2D eigenvalue weighted by Crippen LogP contribution is 2.77. The molecule has 105 heavy (non-hydrogen) atoms. The molecule has 0 aromatic carbocycles. The molecule has 9 saturated carbocycles. The number of esters is 6. The van der Waals surface area contributed by atoms with Crippen molar-refractivity contribution < 1.29 is 101 Å². The lowest BCUT2D eigenvalue weighted by molar-refractivity contribution is -0.193. The fourth-order valence-electron chi connectivity index (χ4n) is 26.5. The molecular formula is C84H120O21. The Hall–Kier alpha value is -6.06. The van der Waals surface area contributed by atoms with Gasteiger partial charge in [-0.25, -0.2) is 0 Å². The minimum atomic E-state index is -0.812. The Morgan fingerprint density at radius 2 is 0.533 bits per heavy atom. The molecule has 9 fully saturated rings. The first-order chi connectivity index (χ1) is 48.0.